The topological polar surface area (TPSA) is 101 Å². The Labute approximate surface area is 217 Å². The minimum Gasteiger partial charge on any atom is -0.437 e. The predicted molar refractivity (Wildman–Crippen MR) is 133 cm³/mol. The average Bonchev–Trinajstić information content (AvgIpc) is 3.47. The third-order valence-corrected chi connectivity index (χ3v) is 8.08. The number of benzene rings is 1. The van der Waals surface area contributed by atoms with Gasteiger partial charge in [0.25, 0.3) is 0 Å². The lowest BCUT2D eigenvalue weighted by molar-refractivity contribution is -0.141. The number of amides is 2. The number of aromatic nitrogens is 2. The van der Waals surface area contributed by atoms with Crippen molar-refractivity contribution in [3.05, 3.63) is 71.7 Å². The minimum atomic E-state index is -4.54. The zero-order valence-corrected chi connectivity index (χ0v) is 21.3. The number of rotatable bonds is 5. The summed E-state index contributed by atoms with van der Waals surface area (Å²) in [5.41, 5.74) is 0.828. The zero-order chi connectivity index (χ0) is 27.1. The number of pyridine rings is 2. The molecule has 200 valence electrons. The predicted octanol–water partition coefficient (Wildman–Crippen LogP) is 5.23. The fraction of sp³-hybridized carbons (Fsp3) is 0.346. The number of urea groups is 1. The smallest absolute Gasteiger partial charge is 0.433 e. The van der Waals surface area contributed by atoms with E-state index in [-0.39, 0.29) is 34.5 Å². The monoisotopic (exact) mass is 546 g/mol. The van der Waals surface area contributed by atoms with E-state index < -0.39 is 21.7 Å². The number of fused-ring (bicyclic) bond motifs is 2. The van der Waals surface area contributed by atoms with E-state index in [0.717, 1.165) is 55.5 Å². The molecule has 8 nitrogen and oxygen atoms in total. The first-order valence-electron chi connectivity index (χ1n) is 12.0. The molecule has 0 unspecified atom stereocenters. The highest BCUT2D eigenvalue weighted by Gasteiger charge is 2.48. The Hall–Kier alpha value is -3.67. The van der Waals surface area contributed by atoms with Crippen molar-refractivity contribution < 1.29 is 31.1 Å². The third-order valence-electron chi connectivity index (χ3n) is 6.95. The van der Waals surface area contributed by atoms with E-state index >= 15 is 0 Å². The SMILES string of the molecule is CS(=O)(=O)c1ccc(CNC(=O)N2CC3(CCCC3)c3nc(Oc4ccc(C(F)(F)F)nc4)ccc32)cc1. The zero-order valence-electron chi connectivity index (χ0n) is 20.5. The van der Waals surface area contributed by atoms with Crippen molar-refractivity contribution >= 4 is 21.6 Å². The molecule has 3 aromatic rings. The van der Waals surface area contributed by atoms with Crippen LogP contribution in [0.3, 0.4) is 0 Å². The quantitative estimate of drug-likeness (QED) is 0.470. The van der Waals surface area contributed by atoms with Crippen LogP contribution in [-0.4, -0.2) is 37.2 Å². The van der Waals surface area contributed by atoms with Crippen LogP contribution in [0.1, 0.15) is 42.6 Å². The molecule has 1 aromatic carbocycles. The Balaban J connectivity index is 1.33. The van der Waals surface area contributed by atoms with Gasteiger partial charge in [0.05, 0.1) is 22.5 Å². The second-order valence-corrected chi connectivity index (χ2v) is 11.7. The van der Waals surface area contributed by atoms with Crippen LogP contribution in [0, 0.1) is 0 Å². The Kier molecular flexibility index (Phi) is 6.54. The van der Waals surface area contributed by atoms with Gasteiger partial charge in [-0.2, -0.15) is 13.2 Å². The van der Waals surface area contributed by atoms with Crippen LogP contribution in [-0.2, 0) is 28.0 Å². The maximum Gasteiger partial charge on any atom is 0.433 e. The standard InChI is InChI=1S/C26H25F3N4O4S/c1-38(35,36)19-7-4-17(5-8-19)14-31-24(34)33-16-25(12-2-3-13-25)23-20(33)9-11-22(32-23)37-18-6-10-21(30-15-18)26(27,28)29/h4-11,15H,2-3,12-14,16H2,1H3,(H,31,34). The van der Waals surface area contributed by atoms with E-state index in [1.807, 2.05) is 0 Å². The summed E-state index contributed by atoms with van der Waals surface area (Å²) in [5.74, 6) is 0.338. The summed E-state index contributed by atoms with van der Waals surface area (Å²) in [4.78, 5) is 23.2. The first kappa shape index (κ1) is 26.0. The summed E-state index contributed by atoms with van der Waals surface area (Å²) in [6, 6.07) is 11.4. The first-order chi connectivity index (χ1) is 17.9. The molecule has 1 aliphatic carbocycles. The molecular formula is C26H25F3N4O4S. The number of hydrogen-bond donors (Lipinski definition) is 1. The lowest BCUT2D eigenvalue weighted by Gasteiger charge is -2.24. The summed E-state index contributed by atoms with van der Waals surface area (Å²) in [6.45, 7) is 0.677. The number of anilines is 1. The van der Waals surface area contributed by atoms with Crippen molar-refractivity contribution in [2.75, 3.05) is 17.7 Å². The summed E-state index contributed by atoms with van der Waals surface area (Å²) < 4.78 is 67.4. The molecule has 0 bridgehead atoms. The normalized spacial score (nSPS) is 16.5. The van der Waals surface area contributed by atoms with Gasteiger partial charge in [0, 0.05) is 30.8 Å². The molecule has 2 aliphatic rings. The van der Waals surface area contributed by atoms with Gasteiger partial charge in [0.1, 0.15) is 11.4 Å². The Morgan fingerprint density at radius 3 is 2.39 bits per heavy atom. The largest absolute Gasteiger partial charge is 0.437 e. The lowest BCUT2D eigenvalue weighted by atomic mass is 9.84. The summed E-state index contributed by atoms with van der Waals surface area (Å²) in [5, 5.41) is 2.90. The van der Waals surface area contributed by atoms with E-state index in [1.54, 1.807) is 29.2 Å². The molecule has 0 saturated heterocycles. The van der Waals surface area contributed by atoms with Crippen molar-refractivity contribution in [1.82, 2.24) is 15.3 Å². The highest BCUT2D eigenvalue weighted by molar-refractivity contribution is 7.90. The van der Waals surface area contributed by atoms with Crippen LogP contribution in [0.25, 0.3) is 0 Å². The molecule has 38 heavy (non-hydrogen) atoms. The fourth-order valence-electron chi connectivity index (χ4n) is 5.05. The van der Waals surface area contributed by atoms with Gasteiger partial charge in [-0.1, -0.05) is 25.0 Å². The number of hydrogen-bond acceptors (Lipinski definition) is 6. The van der Waals surface area contributed by atoms with Gasteiger partial charge in [0.15, 0.2) is 9.84 Å². The molecule has 1 saturated carbocycles. The van der Waals surface area contributed by atoms with Crippen LogP contribution >= 0.6 is 0 Å². The van der Waals surface area contributed by atoms with Gasteiger partial charge >= 0.3 is 12.2 Å². The summed E-state index contributed by atoms with van der Waals surface area (Å²) in [6.07, 6.45) is 1.31. The van der Waals surface area contributed by atoms with E-state index in [4.69, 9.17) is 4.74 Å². The van der Waals surface area contributed by atoms with Crippen molar-refractivity contribution in [3.63, 3.8) is 0 Å². The highest BCUT2D eigenvalue weighted by Crippen LogP contribution is 2.50. The molecule has 1 N–H and O–H groups in total. The van der Waals surface area contributed by atoms with Crippen molar-refractivity contribution in [2.24, 2.45) is 0 Å². The Morgan fingerprint density at radius 2 is 1.79 bits per heavy atom. The molecule has 1 aliphatic heterocycles. The van der Waals surface area contributed by atoms with E-state index in [1.165, 1.54) is 18.2 Å². The van der Waals surface area contributed by atoms with Crippen molar-refractivity contribution in [2.45, 2.75) is 48.7 Å². The summed E-state index contributed by atoms with van der Waals surface area (Å²) >= 11 is 0. The molecule has 12 heteroatoms. The van der Waals surface area contributed by atoms with Crippen LogP contribution in [0.15, 0.2) is 59.6 Å². The number of nitrogens with one attached hydrogen (secondary N) is 1. The maximum atomic E-state index is 13.2. The molecule has 2 amide bonds. The molecule has 1 spiro atoms. The fourth-order valence-corrected chi connectivity index (χ4v) is 5.68. The number of carbonyl (C=O) groups excluding carboxylic acids is 1. The van der Waals surface area contributed by atoms with Crippen LogP contribution in [0.5, 0.6) is 11.6 Å². The van der Waals surface area contributed by atoms with Crippen LogP contribution < -0.4 is 15.0 Å². The molecule has 3 heterocycles. The molecule has 0 atom stereocenters. The van der Waals surface area contributed by atoms with Gasteiger partial charge in [-0.3, -0.25) is 4.90 Å². The van der Waals surface area contributed by atoms with E-state index in [9.17, 15) is 26.4 Å². The highest BCUT2D eigenvalue weighted by atomic mass is 32.2. The van der Waals surface area contributed by atoms with E-state index in [0.29, 0.717) is 12.2 Å². The number of carbonyl (C=O) groups is 1. The van der Waals surface area contributed by atoms with Crippen molar-refractivity contribution in [3.8, 4) is 11.6 Å². The molecule has 2 aromatic heterocycles. The average molecular weight is 547 g/mol. The second kappa shape index (κ2) is 9.57. The lowest BCUT2D eigenvalue weighted by Crippen LogP contribution is -2.41. The Morgan fingerprint density at radius 1 is 1.08 bits per heavy atom. The number of alkyl halides is 3. The van der Waals surface area contributed by atoms with Gasteiger partial charge in [0.2, 0.25) is 5.88 Å². The molecule has 5 rings (SSSR count). The second-order valence-electron chi connectivity index (χ2n) is 9.64. The minimum absolute atomic E-state index is 0.125. The maximum absolute atomic E-state index is 13.2. The summed E-state index contributed by atoms with van der Waals surface area (Å²) in [7, 11) is -3.30. The molecule has 0 radical (unpaired) electrons. The van der Waals surface area contributed by atoms with Gasteiger partial charge in [-0.15, -0.1) is 0 Å². The Bertz CT molecular complexity index is 1450. The molecular weight excluding hydrogens is 521 g/mol. The van der Waals surface area contributed by atoms with Crippen LogP contribution in [0.2, 0.25) is 0 Å². The number of halogens is 3. The number of sulfone groups is 1. The third kappa shape index (κ3) is 5.17. The molecule has 1 fully saturated rings. The number of nitrogens with zero attached hydrogens (tertiary/aromatic N) is 3. The van der Waals surface area contributed by atoms with Gasteiger partial charge in [-0.05, 0) is 48.7 Å². The van der Waals surface area contributed by atoms with Crippen molar-refractivity contribution in [1.29, 1.82) is 0 Å². The van der Waals surface area contributed by atoms with Crippen LogP contribution in [0.4, 0.5) is 23.7 Å². The first-order valence-corrected chi connectivity index (χ1v) is 13.9. The van der Waals surface area contributed by atoms with Gasteiger partial charge in [-0.25, -0.2) is 23.2 Å². The van der Waals surface area contributed by atoms with Gasteiger partial charge < -0.3 is 10.1 Å². The van der Waals surface area contributed by atoms with E-state index in [2.05, 4.69) is 15.3 Å². The number of ether oxygens (including phenoxy) is 1.